The van der Waals surface area contributed by atoms with Crippen molar-refractivity contribution in [1.82, 2.24) is 5.43 Å². The van der Waals surface area contributed by atoms with E-state index in [1.807, 2.05) is 13.0 Å². The van der Waals surface area contributed by atoms with Gasteiger partial charge in [0.05, 0.1) is 16.8 Å². The maximum Gasteiger partial charge on any atom is 0.272 e. The first-order chi connectivity index (χ1) is 9.08. The molecule has 2 aromatic rings. The number of halogens is 1. The van der Waals surface area contributed by atoms with Gasteiger partial charge in [0.25, 0.3) is 5.91 Å². The molecule has 2 rings (SSSR count). The molecule has 0 spiro atoms. The van der Waals surface area contributed by atoms with Crippen LogP contribution in [0.1, 0.15) is 28.6 Å². The lowest BCUT2D eigenvalue weighted by molar-refractivity contribution is 0.0955. The number of nitrogens with one attached hydrogen (secondary N) is 1. The molecule has 0 aliphatic carbocycles. The molecule has 0 radical (unpaired) electrons. The number of amides is 1. The zero-order valence-corrected chi connectivity index (χ0v) is 11.4. The summed E-state index contributed by atoms with van der Waals surface area (Å²) in [6.45, 7) is 3.66. The van der Waals surface area contributed by atoms with Crippen LogP contribution in [0.15, 0.2) is 46.1 Å². The van der Waals surface area contributed by atoms with Gasteiger partial charge in [-0.1, -0.05) is 17.7 Å². The summed E-state index contributed by atoms with van der Waals surface area (Å²) in [5.41, 5.74) is 4.43. The number of benzene rings is 1. The fourth-order valence-electron chi connectivity index (χ4n) is 1.54. The predicted molar refractivity (Wildman–Crippen MR) is 74.6 cm³/mol. The van der Waals surface area contributed by atoms with Gasteiger partial charge in [-0.05, 0) is 43.7 Å². The lowest BCUT2D eigenvalue weighted by atomic mass is 10.1. The van der Waals surface area contributed by atoms with Crippen LogP contribution in [-0.2, 0) is 0 Å². The van der Waals surface area contributed by atoms with E-state index in [9.17, 15) is 4.79 Å². The molecule has 19 heavy (non-hydrogen) atoms. The van der Waals surface area contributed by atoms with Crippen LogP contribution in [0.5, 0.6) is 0 Å². The van der Waals surface area contributed by atoms with Crippen LogP contribution in [0.3, 0.4) is 0 Å². The van der Waals surface area contributed by atoms with Crippen molar-refractivity contribution in [3.8, 4) is 0 Å². The van der Waals surface area contributed by atoms with Gasteiger partial charge < -0.3 is 4.42 Å². The number of carbonyl (C=O) groups is 1. The molecule has 0 bridgehead atoms. The van der Waals surface area contributed by atoms with Gasteiger partial charge in [0.2, 0.25) is 0 Å². The summed E-state index contributed by atoms with van der Waals surface area (Å²) in [6, 6.07) is 8.76. The maximum atomic E-state index is 11.9. The third-order valence-electron chi connectivity index (χ3n) is 2.57. The van der Waals surface area contributed by atoms with E-state index in [0.29, 0.717) is 22.1 Å². The van der Waals surface area contributed by atoms with Crippen molar-refractivity contribution in [2.24, 2.45) is 5.10 Å². The molecule has 1 aromatic heterocycles. The number of aryl methyl sites for hydroxylation is 1. The minimum Gasteiger partial charge on any atom is -0.463 e. The van der Waals surface area contributed by atoms with Crippen LogP contribution in [0.25, 0.3) is 0 Å². The fourth-order valence-corrected chi connectivity index (χ4v) is 1.86. The summed E-state index contributed by atoms with van der Waals surface area (Å²) < 4.78 is 5.16. The van der Waals surface area contributed by atoms with E-state index in [1.165, 1.54) is 0 Å². The van der Waals surface area contributed by atoms with Crippen molar-refractivity contribution in [1.29, 1.82) is 0 Å². The monoisotopic (exact) mass is 276 g/mol. The van der Waals surface area contributed by atoms with Gasteiger partial charge in [-0.15, -0.1) is 0 Å². The first-order valence-electron chi connectivity index (χ1n) is 5.72. The molecule has 1 N–H and O–H groups in total. The molecule has 1 aromatic carbocycles. The molecule has 1 heterocycles. The summed E-state index contributed by atoms with van der Waals surface area (Å²) in [7, 11) is 0. The highest BCUT2D eigenvalue weighted by molar-refractivity contribution is 6.33. The molecule has 0 aliphatic rings. The molecule has 5 heteroatoms. The van der Waals surface area contributed by atoms with E-state index in [0.717, 1.165) is 5.56 Å². The summed E-state index contributed by atoms with van der Waals surface area (Å²) in [4.78, 5) is 11.9. The average molecular weight is 277 g/mol. The van der Waals surface area contributed by atoms with Crippen LogP contribution in [0.4, 0.5) is 0 Å². The second-order valence-electron chi connectivity index (χ2n) is 4.10. The Labute approximate surface area is 116 Å². The number of hydrogen-bond donors (Lipinski definition) is 1. The molecule has 0 aliphatic heterocycles. The maximum absolute atomic E-state index is 11.9. The van der Waals surface area contributed by atoms with Crippen molar-refractivity contribution in [2.45, 2.75) is 13.8 Å². The van der Waals surface area contributed by atoms with E-state index >= 15 is 0 Å². The Morgan fingerprint density at radius 1 is 1.37 bits per heavy atom. The van der Waals surface area contributed by atoms with Crippen molar-refractivity contribution < 1.29 is 9.21 Å². The highest BCUT2D eigenvalue weighted by Gasteiger charge is 2.10. The molecule has 0 saturated heterocycles. The Kier molecular flexibility index (Phi) is 4.02. The van der Waals surface area contributed by atoms with Gasteiger partial charge in [-0.25, -0.2) is 5.43 Å². The highest BCUT2D eigenvalue weighted by atomic mass is 35.5. The Morgan fingerprint density at radius 3 is 2.79 bits per heavy atom. The van der Waals surface area contributed by atoms with E-state index in [-0.39, 0.29) is 5.91 Å². The third kappa shape index (κ3) is 3.23. The van der Waals surface area contributed by atoms with Crippen LogP contribution < -0.4 is 5.43 Å². The number of hydrazone groups is 1. The highest BCUT2D eigenvalue weighted by Crippen LogP contribution is 2.17. The molecule has 0 unspecified atom stereocenters. The van der Waals surface area contributed by atoms with E-state index < -0.39 is 0 Å². The second-order valence-corrected chi connectivity index (χ2v) is 4.51. The lowest BCUT2D eigenvalue weighted by Crippen LogP contribution is -2.19. The summed E-state index contributed by atoms with van der Waals surface area (Å²) >= 11 is 6.01. The van der Waals surface area contributed by atoms with Gasteiger partial charge in [0, 0.05) is 0 Å². The number of rotatable bonds is 3. The van der Waals surface area contributed by atoms with E-state index in [2.05, 4.69) is 10.5 Å². The molecule has 0 fully saturated rings. The number of nitrogens with zero attached hydrogens (tertiary/aromatic N) is 1. The smallest absolute Gasteiger partial charge is 0.272 e. The zero-order valence-electron chi connectivity index (χ0n) is 10.6. The van der Waals surface area contributed by atoms with Crippen LogP contribution in [0.2, 0.25) is 5.02 Å². The Hall–Kier alpha value is -2.07. The predicted octanol–water partition coefficient (Wildman–Crippen LogP) is 3.40. The van der Waals surface area contributed by atoms with E-state index in [1.54, 1.807) is 37.5 Å². The fraction of sp³-hybridized carbons (Fsp3) is 0.143. The molecule has 0 saturated carbocycles. The van der Waals surface area contributed by atoms with Gasteiger partial charge in [-0.3, -0.25) is 4.79 Å². The minimum atomic E-state index is -0.351. The topological polar surface area (TPSA) is 54.6 Å². The van der Waals surface area contributed by atoms with Crippen molar-refractivity contribution >= 4 is 23.2 Å². The van der Waals surface area contributed by atoms with Crippen LogP contribution in [-0.4, -0.2) is 11.6 Å². The molecular formula is C14H13ClN2O2. The Morgan fingerprint density at radius 2 is 2.16 bits per heavy atom. The SMILES string of the molecule is C/C(=N/NC(=O)c1ccc(C)cc1Cl)c1ccco1. The Bertz CT molecular complexity index is 618. The van der Waals surface area contributed by atoms with Crippen LogP contribution >= 0.6 is 11.6 Å². The first-order valence-corrected chi connectivity index (χ1v) is 6.10. The van der Waals surface area contributed by atoms with Gasteiger partial charge in [0.15, 0.2) is 0 Å². The molecule has 0 atom stereocenters. The third-order valence-corrected chi connectivity index (χ3v) is 2.88. The standard InChI is InChI=1S/C14H13ClN2O2/c1-9-5-6-11(12(15)8-9)14(18)17-16-10(2)13-4-3-7-19-13/h3-8H,1-2H3,(H,17,18)/b16-10-. The number of hydrogen-bond acceptors (Lipinski definition) is 3. The summed E-state index contributed by atoms with van der Waals surface area (Å²) in [5, 5.41) is 4.38. The molecule has 98 valence electrons. The van der Waals surface area contributed by atoms with Gasteiger partial charge >= 0.3 is 0 Å². The number of furan rings is 1. The quantitative estimate of drug-likeness (QED) is 0.690. The largest absolute Gasteiger partial charge is 0.463 e. The molecule has 1 amide bonds. The zero-order chi connectivity index (χ0) is 13.8. The summed E-state index contributed by atoms with van der Waals surface area (Å²) in [5.74, 6) is 0.256. The van der Waals surface area contributed by atoms with E-state index in [4.69, 9.17) is 16.0 Å². The molecular weight excluding hydrogens is 264 g/mol. The summed E-state index contributed by atoms with van der Waals surface area (Å²) in [6.07, 6.45) is 1.55. The van der Waals surface area contributed by atoms with Gasteiger partial charge in [-0.2, -0.15) is 5.10 Å². The molecule has 4 nitrogen and oxygen atoms in total. The van der Waals surface area contributed by atoms with Crippen molar-refractivity contribution in [3.05, 3.63) is 58.5 Å². The Balaban J connectivity index is 2.11. The van der Waals surface area contributed by atoms with Crippen molar-refractivity contribution in [2.75, 3.05) is 0 Å². The van der Waals surface area contributed by atoms with Crippen LogP contribution in [0, 0.1) is 6.92 Å². The lowest BCUT2D eigenvalue weighted by Gasteiger charge is -2.04. The average Bonchev–Trinajstić information content (AvgIpc) is 2.89. The van der Waals surface area contributed by atoms with Crippen molar-refractivity contribution in [3.63, 3.8) is 0 Å². The minimum absolute atomic E-state index is 0.351. The number of carbonyl (C=O) groups excluding carboxylic acids is 1. The second kappa shape index (κ2) is 5.71. The first kappa shape index (κ1) is 13.4. The van der Waals surface area contributed by atoms with Gasteiger partial charge in [0.1, 0.15) is 11.5 Å². The normalized spacial score (nSPS) is 11.4.